The zero-order chi connectivity index (χ0) is 13.4. The predicted molar refractivity (Wildman–Crippen MR) is 81.8 cm³/mol. The Labute approximate surface area is 115 Å². The SMILES string of the molecule is CCCNCC1CCC(C)CC1CCCC(C)C. The van der Waals surface area contributed by atoms with E-state index in [1.807, 2.05) is 0 Å². The molecular weight excluding hydrogens is 218 g/mol. The molecule has 1 aliphatic carbocycles. The van der Waals surface area contributed by atoms with Crippen LogP contribution in [-0.4, -0.2) is 13.1 Å². The van der Waals surface area contributed by atoms with Gasteiger partial charge in [0.2, 0.25) is 0 Å². The third kappa shape index (κ3) is 6.22. The first-order valence-corrected chi connectivity index (χ1v) is 8.34. The Morgan fingerprint density at radius 3 is 2.61 bits per heavy atom. The summed E-state index contributed by atoms with van der Waals surface area (Å²) >= 11 is 0. The Morgan fingerprint density at radius 2 is 1.94 bits per heavy atom. The van der Waals surface area contributed by atoms with Crippen molar-refractivity contribution in [1.82, 2.24) is 5.32 Å². The third-order valence-corrected chi connectivity index (χ3v) is 4.59. The molecule has 0 amide bonds. The average molecular weight is 253 g/mol. The van der Waals surface area contributed by atoms with Crippen LogP contribution in [0.5, 0.6) is 0 Å². The highest BCUT2D eigenvalue weighted by Gasteiger charge is 2.27. The molecule has 108 valence electrons. The fourth-order valence-electron chi connectivity index (χ4n) is 3.44. The van der Waals surface area contributed by atoms with Crippen LogP contribution in [0.4, 0.5) is 0 Å². The minimum absolute atomic E-state index is 0.877. The zero-order valence-corrected chi connectivity index (χ0v) is 13.2. The quantitative estimate of drug-likeness (QED) is 0.609. The number of hydrogen-bond acceptors (Lipinski definition) is 1. The first kappa shape index (κ1) is 16.0. The lowest BCUT2D eigenvalue weighted by Crippen LogP contribution is -2.33. The number of rotatable bonds is 8. The van der Waals surface area contributed by atoms with Crippen LogP contribution in [0.1, 0.15) is 72.6 Å². The Hall–Kier alpha value is -0.0400. The van der Waals surface area contributed by atoms with Crippen molar-refractivity contribution in [3.63, 3.8) is 0 Å². The van der Waals surface area contributed by atoms with Crippen molar-refractivity contribution >= 4 is 0 Å². The second-order valence-corrected chi connectivity index (χ2v) is 6.97. The van der Waals surface area contributed by atoms with E-state index in [4.69, 9.17) is 0 Å². The maximum absolute atomic E-state index is 3.65. The molecule has 0 aromatic heterocycles. The summed E-state index contributed by atoms with van der Waals surface area (Å²) in [5, 5.41) is 3.65. The van der Waals surface area contributed by atoms with Gasteiger partial charge in [-0.1, -0.05) is 53.4 Å². The second-order valence-electron chi connectivity index (χ2n) is 6.97. The lowest BCUT2D eigenvalue weighted by Gasteiger charge is -2.35. The Balaban J connectivity index is 2.31. The summed E-state index contributed by atoms with van der Waals surface area (Å²) in [7, 11) is 0. The summed E-state index contributed by atoms with van der Waals surface area (Å²) in [6.45, 7) is 11.9. The molecule has 1 nitrogen and oxygen atoms in total. The summed E-state index contributed by atoms with van der Waals surface area (Å²) in [6, 6.07) is 0. The molecule has 0 radical (unpaired) electrons. The number of hydrogen-bond donors (Lipinski definition) is 1. The summed E-state index contributed by atoms with van der Waals surface area (Å²) < 4.78 is 0. The van der Waals surface area contributed by atoms with Crippen LogP contribution in [-0.2, 0) is 0 Å². The minimum atomic E-state index is 0.877. The average Bonchev–Trinajstić information content (AvgIpc) is 2.31. The molecular formula is C17H35N. The molecule has 0 saturated heterocycles. The third-order valence-electron chi connectivity index (χ3n) is 4.59. The van der Waals surface area contributed by atoms with Crippen molar-refractivity contribution in [2.45, 2.75) is 72.6 Å². The second kappa shape index (κ2) is 8.96. The molecule has 1 rings (SSSR count). The van der Waals surface area contributed by atoms with Crippen molar-refractivity contribution in [2.24, 2.45) is 23.7 Å². The van der Waals surface area contributed by atoms with Crippen molar-refractivity contribution in [3.8, 4) is 0 Å². The van der Waals surface area contributed by atoms with Gasteiger partial charge >= 0.3 is 0 Å². The summed E-state index contributed by atoms with van der Waals surface area (Å²) in [4.78, 5) is 0. The normalized spacial score (nSPS) is 28.8. The van der Waals surface area contributed by atoms with Gasteiger partial charge < -0.3 is 5.32 Å². The number of nitrogens with one attached hydrogen (secondary N) is 1. The molecule has 3 atom stereocenters. The standard InChI is InChI=1S/C17H35N/c1-5-11-18-13-17-10-9-15(4)12-16(17)8-6-7-14(2)3/h14-18H,5-13H2,1-4H3. The van der Waals surface area contributed by atoms with E-state index in [0.717, 1.165) is 23.7 Å². The minimum Gasteiger partial charge on any atom is -0.316 e. The Bertz CT molecular complexity index is 200. The fourth-order valence-corrected chi connectivity index (χ4v) is 3.44. The molecule has 1 aliphatic rings. The highest BCUT2D eigenvalue weighted by Crippen LogP contribution is 2.36. The van der Waals surface area contributed by atoms with E-state index >= 15 is 0 Å². The first-order chi connectivity index (χ1) is 8.63. The smallest absolute Gasteiger partial charge is 0.00179 e. The summed E-state index contributed by atoms with van der Waals surface area (Å²) in [5.74, 6) is 3.80. The van der Waals surface area contributed by atoms with Crippen LogP contribution in [0.2, 0.25) is 0 Å². The van der Waals surface area contributed by atoms with Crippen molar-refractivity contribution in [3.05, 3.63) is 0 Å². The van der Waals surface area contributed by atoms with Gasteiger partial charge in [-0.3, -0.25) is 0 Å². The van der Waals surface area contributed by atoms with Crippen LogP contribution in [0.15, 0.2) is 0 Å². The molecule has 0 aromatic carbocycles. The molecule has 1 N–H and O–H groups in total. The molecule has 1 heteroatoms. The van der Waals surface area contributed by atoms with Gasteiger partial charge in [0, 0.05) is 0 Å². The molecule has 18 heavy (non-hydrogen) atoms. The Kier molecular flexibility index (Phi) is 7.97. The summed E-state index contributed by atoms with van der Waals surface area (Å²) in [5.41, 5.74) is 0. The van der Waals surface area contributed by atoms with E-state index in [-0.39, 0.29) is 0 Å². The highest BCUT2D eigenvalue weighted by atomic mass is 14.9. The molecule has 1 fully saturated rings. The molecule has 0 aliphatic heterocycles. The first-order valence-electron chi connectivity index (χ1n) is 8.34. The van der Waals surface area contributed by atoms with Crippen LogP contribution < -0.4 is 5.32 Å². The molecule has 0 aromatic rings. The van der Waals surface area contributed by atoms with E-state index in [1.165, 1.54) is 58.0 Å². The maximum Gasteiger partial charge on any atom is -0.00179 e. The highest BCUT2D eigenvalue weighted by molar-refractivity contribution is 4.80. The van der Waals surface area contributed by atoms with Gasteiger partial charge in [0.15, 0.2) is 0 Å². The van der Waals surface area contributed by atoms with Crippen LogP contribution in [0, 0.1) is 23.7 Å². The van der Waals surface area contributed by atoms with Gasteiger partial charge in [-0.15, -0.1) is 0 Å². The maximum atomic E-state index is 3.65. The zero-order valence-electron chi connectivity index (χ0n) is 13.2. The van der Waals surface area contributed by atoms with Gasteiger partial charge in [0.25, 0.3) is 0 Å². The van der Waals surface area contributed by atoms with Gasteiger partial charge in [-0.05, 0) is 56.0 Å². The van der Waals surface area contributed by atoms with Gasteiger partial charge in [-0.2, -0.15) is 0 Å². The van der Waals surface area contributed by atoms with Gasteiger partial charge in [0.05, 0.1) is 0 Å². The Morgan fingerprint density at radius 1 is 1.17 bits per heavy atom. The predicted octanol–water partition coefficient (Wildman–Crippen LogP) is 4.86. The summed E-state index contributed by atoms with van der Waals surface area (Å²) in [6.07, 6.45) is 10.0. The molecule has 3 unspecified atom stereocenters. The fraction of sp³-hybridized carbons (Fsp3) is 1.00. The van der Waals surface area contributed by atoms with Gasteiger partial charge in [0.1, 0.15) is 0 Å². The topological polar surface area (TPSA) is 12.0 Å². The van der Waals surface area contributed by atoms with Crippen molar-refractivity contribution < 1.29 is 0 Å². The lowest BCUT2D eigenvalue weighted by atomic mass is 9.72. The lowest BCUT2D eigenvalue weighted by molar-refractivity contribution is 0.170. The van der Waals surface area contributed by atoms with Crippen molar-refractivity contribution in [1.29, 1.82) is 0 Å². The van der Waals surface area contributed by atoms with Gasteiger partial charge in [-0.25, -0.2) is 0 Å². The molecule has 1 saturated carbocycles. The van der Waals surface area contributed by atoms with Crippen LogP contribution in [0.25, 0.3) is 0 Å². The largest absolute Gasteiger partial charge is 0.316 e. The van der Waals surface area contributed by atoms with E-state index < -0.39 is 0 Å². The monoisotopic (exact) mass is 253 g/mol. The van der Waals surface area contributed by atoms with E-state index in [2.05, 4.69) is 33.0 Å². The molecule has 0 spiro atoms. The van der Waals surface area contributed by atoms with E-state index in [1.54, 1.807) is 0 Å². The van der Waals surface area contributed by atoms with Crippen molar-refractivity contribution in [2.75, 3.05) is 13.1 Å². The van der Waals surface area contributed by atoms with E-state index in [0.29, 0.717) is 0 Å². The molecule has 0 heterocycles. The van der Waals surface area contributed by atoms with Crippen LogP contribution >= 0.6 is 0 Å². The molecule has 0 bridgehead atoms. The van der Waals surface area contributed by atoms with Crippen LogP contribution in [0.3, 0.4) is 0 Å². The van der Waals surface area contributed by atoms with E-state index in [9.17, 15) is 0 Å².